The Morgan fingerprint density at radius 2 is 2.18 bits per heavy atom. The predicted octanol–water partition coefficient (Wildman–Crippen LogP) is 2.69. The second kappa shape index (κ2) is 6.77. The van der Waals surface area contributed by atoms with Crippen molar-refractivity contribution in [2.45, 2.75) is 45.7 Å². The summed E-state index contributed by atoms with van der Waals surface area (Å²) in [6.45, 7) is 6.13. The van der Waals surface area contributed by atoms with E-state index in [2.05, 4.69) is 12.2 Å². The number of carbonyl (C=O) groups excluding carboxylic acids is 1. The fraction of sp³-hybridized carbons (Fsp3) is 0.615. The van der Waals surface area contributed by atoms with Crippen molar-refractivity contribution in [1.82, 2.24) is 5.32 Å². The molecule has 0 saturated carbocycles. The van der Waals surface area contributed by atoms with Gasteiger partial charge >= 0.3 is 0 Å². The van der Waals surface area contributed by atoms with E-state index in [4.69, 9.17) is 5.73 Å². The molecule has 1 amide bonds. The molecule has 0 aromatic carbocycles. The Morgan fingerprint density at radius 3 is 2.65 bits per heavy atom. The molecule has 3 N–H and O–H groups in total. The highest BCUT2D eigenvalue weighted by Gasteiger charge is 2.22. The largest absolute Gasteiger partial charge is 0.347 e. The van der Waals surface area contributed by atoms with Crippen LogP contribution >= 0.6 is 11.3 Å². The van der Waals surface area contributed by atoms with Crippen LogP contribution in [0.15, 0.2) is 17.5 Å². The van der Waals surface area contributed by atoms with Gasteiger partial charge in [0.1, 0.15) is 0 Å². The SMILES string of the molecule is CCC(NC(=O)[C@@H](N)C(C)CC)c1cccs1. The second-order valence-electron chi connectivity index (χ2n) is 4.40. The van der Waals surface area contributed by atoms with Gasteiger partial charge in [0.15, 0.2) is 0 Å². The summed E-state index contributed by atoms with van der Waals surface area (Å²) in [7, 11) is 0. The van der Waals surface area contributed by atoms with Gasteiger partial charge in [-0.25, -0.2) is 0 Å². The van der Waals surface area contributed by atoms with E-state index in [-0.39, 0.29) is 17.9 Å². The molecule has 0 aliphatic heterocycles. The molecule has 1 aromatic rings. The molecule has 0 spiro atoms. The molecule has 0 radical (unpaired) electrons. The molecule has 4 heteroatoms. The standard InChI is InChI=1S/C13H22N2OS/c1-4-9(3)12(14)13(16)15-10(5-2)11-7-6-8-17-11/h6-10,12H,4-5,14H2,1-3H3,(H,15,16)/t9?,10?,12-/m0/s1. The van der Waals surface area contributed by atoms with Gasteiger partial charge in [-0.3, -0.25) is 4.79 Å². The number of thiophene rings is 1. The normalized spacial score (nSPS) is 16.2. The summed E-state index contributed by atoms with van der Waals surface area (Å²) in [6.07, 6.45) is 1.81. The Balaban J connectivity index is 2.60. The zero-order valence-electron chi connectivity index (χ0n) is 10.8. The van der Waals surface area contributed by atoms with E-state index in [1.807, 2.05) is 31.4 Å². The van der Waals surface area contributed by atoms with Crippen molar-refractivity contribution in [3.63, 3.8) is 0 Å². The summed E-state index contributed by atoms with van der Waals surface area (Å²) >= 11 is 1.67. The van der Waals surface area contributed by atoms with Crippen molar-refractivity contribution in [2.24, 2.45) is 11.7 Å². The van der Waals surface area contributed by atoms with Crippen molar-refractivity contribution < 1.29 is 4.79 Å². The summed E-state index contributed by atoms with van der Waals surface area (Å²) in [5.41, 5.74) is 5.92. The Kier molecular flexibility index (Phi) is 5.65. The van der Waals surface area contributed by atoms with Crippen LogP contribution in [0.25, 0.3) is 0 Å². The molecule has 0 saturated heterocycles. The van der Waals surface area contributed by atoms with Crippen molar-refractivity contribution in [1.29, 1.82) is 0 Å². The number of carbonyl (C=O) groups is 1. The average molecular weight is 254 g/mol. The van der Waals surface area contributed by atoms with Gasteiger partial charge in [-0.15, -0.1) is 11.3 Å². The number of rotatable bonds is 6. The molecule has 0 aliphatic rings. The van der Waals surface area contributed by atoms with Gasteiger partial charge in [0, 0.05) is 4.88 Å². The molecule has 96 valence electrons. The van der Waals surface area contributed by atoms with E-state index >= 15 is 0 Å². The summed E-state index contributed by atoms with van der Waals surface area (Å²) in [4.78, 5) is 13.2. The third kappa shape index (κ3) is 3.82. The number of hydrogen-bond donors (Lipinski definition) is 2. The summed E-state index contributed by atoms with van der Waals surface area (Å²) in [5, 5.41) is 5.06. The van der Waals surface area contributed by atoms with Crippen LogP contribution in [0.3, 0.4) is 0 Å². The Morgan fingerprint density at radius 1 is 1.47 bits per heavy atom. The van der Waals surface area contributed by atoms with Crippen molar-refractivity contribution in [3.8, 4) is 0 Å². The lowest BCUT2D eigenvalue weighted by Gasteiger charge is -2.22. The zero-order chi connectivity index (χ0) is 12.8. The highest BCUT2D eigenvalue weighted by Crippen LogP contribution is 2.22. The molecule has 0 aliphatic carbocycles. The van der Waals surface area contributed by atoms with E-state index < -0.39 is 6.04 Å². The maximum atomic E-state index is 12.0. The smallest absolute Gasteiger partial charge is 0.237 e. The monoisotopic (exact) mass is 254 g/mol. The molecule has 3 atom stereocenters. The topological polar surface area (TPSA) is 55.1 Å². The summed E-state index contributed by atoms with van der Waals surface area (Å²) in [6, 6.07) is 3.74. The lowest BCUT2D eigenvalue weighted by atomic mass is 9.99. The van der Waals surface area contributed by atoms with Crippen LogP contribution in [0.4, 0.5) is 0 Å². The maximum Gasteiger partial charge on any atom is 0.237 e. The molecule has 17 heavy (non-hydrogen) atoms. The van der Waals surface area contributed by atoms with Crippen LogP contribution in [0.5, 0.6) is 0 Å². The molecule has 1 rings (SSSR count). The van der Waals surface area contributed by atoms with Crippen LogP contribution < -0.4 is 11.1 Å². The van der Waals surface area contributed by atoms with Gasteiger partial charge in [0.05, 0.1) is 12.1 Å². The van der Waals surface area contributed by atoms with Crippen LogP contribution in [-0.2, 0) is 4.79 Å². The third-order valence-corrected chi connectivity index (χ3v) is 4.16. The first-order valence-electron chi connectivity index (χ1n) is 6.19. The van der Waals surface area contributed by atoms with E-state index in [1.54, 1.807) is 11.3 Å². The highest BCUT2D eigenvalue weighted by atomic mass is 32.1. The molecule has 1 aromatic heterocycles. The highest BCUT2D eigenvalue weighted by molar-refractivity contribution is 7.10. The third-order valence-electron chi connectivity index (χ3n) is 3.17. The molecule has 0 bridgehead atoms. The van der Waals surface area contributed by atoms with E-state index in [9.17, 15) is 4.79 Å². The lowest BCUT2D eigenvalue weighted by molar-refractivity contribution is -0.124. The number of nitrogens with one attached hydrogen (secondary N) is 1. The Bertz CT molecular complexity index is 337. The molecule has 0 fully saturated rings. The zero-order valence-corrected chi connectivity index (χ0v) is 11.6. The number of hydrogen-bond acceptors (Lipinski definition) is 3. The van der Waals surface area contributed by atoms with E-state index in [0.29, 0.717) is 0 Å². The second-order valence-corrected chi connectivity index (χ2v) is 5.38. The minimum absolute atomic E-state index is 0.0420. The Labute approximate surface area is 107 Å². The minimum Gasteiger partial charge on any atom is -0.347 e. The average Bonchev–Trinajstić information content (AvgIpc) is 2.87. The Hall–Kier alpha value is -0.870. The molecular weight excluding hydrogens is 232 g/mol. The first-order valence-corrected chi connectivity index (χ1v) is 7.07. The van der Waals surface area contributed by atoms with Crippen LogP contribution in [-0.4, -0.2) is 11.9 Å². The number of amides is 1. The van der Waals surface area contributed by atoms with Crippen molar-refractivity contribution >= 4 is 17.2 Å². The number of nitrogens with two attached hydrogens (primary N) is 1. The van der Waals surface area contributed by atoms with E-state index in [1.165, 1.54) is 4.88 Å². The molecule has 1 heterocycles. The molecule has 2 unspecified atom stereocenters. The van der Waals surface area contributed by atoms with Gasteiger partial charge in [0.25, 0.3) is 0 Å². The summed E-state index contributed by atoms with van der Waals surface area (Å²) < 4.78 is 0. The van der Waals surface area contributed by atoms with Crippen LogP contribution in [0.1, 0.15) is 44.5 Å². The fourth-order valence-electron chi connectivity index (χ4n) is 1.64. The van der Waals surface area contributed by atoms with Gasteiger partial charge in [-0.05, 0) is 23.8 Å². The quantitative estimate of drug-likeness (QED) is 0.820. The van der Waals surface area contributed by atoms with Crippen LogP contribution in [0, 0.1) is 5.92 Å². The van der Waals surface area contributed by atoms with Gasteiger partial charge in [-0.1, -0.05) is 33.3 Å². The van der Waals surface area contributed by atoms with Gasteiger partial charge in [-0.2, -0.15) is 0 Å². The maximum absolute atomic E-state index is 12.0. The fourth-order valence-corrected chi connectivity index (χ4v) is 2.51. The first kappa shape index (κ1) is 14.2. The first-order chi connectivity index (χ1) is 8.10. The van der Waals surface area contributed by atoms with Crippen LogP contribution in [0.2, 0.25) is 0 Å². The minimum atomic E-state index is -0.408. The predicted molar refractivity (Wildman–Crippen MR) is 72.9 cm³/mol. The van der Waals surface area contributed by atoms with Gasteiger partial charge in [0.2, 0.25) is 5.91 Å². The lowest BCUT2D eigenvalue weighted by Crippen LogP contribution is -2.45. The molecular formula is C13H22N2OS. The van der Waals surface area contributed by atoms with Crippen molar-refractivity contribution in [2.75, 3.05) is 0 Å². The molecule has 3 nitrogen and oxygen atoms in total. The van der Waals surface area contributed by atoms with Crippen molar-refractivity contribution in [3.05, 3.63) is 22.4 Å². The van der Waals surface area contributed by atoms with Gasteiger partial charge < -0.3 is 11.1 Å². The summed E-state index contributed by atoms with van der Waals surface area (Å²) in [5.74, 6) is 0.176. The van der Waals surface area contributed by atoms with E-state index in [0.717, 1.165) is 12.8 Å².